The van der Waals surface area contributed by atoms with Crippen LogP contribution in [0.1, 0.15) is 11.4 Å². The van der Waals surface area contributed by atoms with Crippen LogP contribution in [0.5, 0.6) is 0 Å². The maximum Gasteiger partial charge on any atom is 0.234 e. The van der Waals surface area contributed by atoms with Gasteiger partial charge in [-0.05, 0) is 6.92 Å². The first-order valence-corrected chi connectivity index (χ1v) is 6.94. The monoisotopic (exact) mass is 283 g/mol. The average Bonchev–Trinajstić information content (AvgIpc) is 2.76. The molecule has 1 aliphatic rings. The molecule has 19 heavy (non-hydrogen) atoms. The smallest absolute Gasteiger partial charge is 0.234 e. The zero-order valence-electron chi connectivity index (χ0n) is 11.2. The molecule has 1 aromatic rings. The molecular weight excluding hydrogens is 266 g/mol. The number of carbonyl (C=O) groups excluding carboxylic acids is 1. The van der Waals surface area contributed by atoms with E-state index in [1.165, 1.54) is 11.8 Å². The van der Waals surface area contributed by atoms with Gasteiger partial charge in [0.1, 0.15) is 5.37 Å². The number of aromatic nitrogens is 2. The summed E-state index contributed by atoms with van der Waals surface area (Å²) in [5, 5.41) is -0.148. The number of rotatable bonds is 5. The molecule has 104 valence electrons. The van der Waals surface area contributed by atoms with Gasteiger partial charge in [0.15, 0.2) is 6.29 Å². The molecule has 0 radical (unpaired) electrons. The van der Waals surface area contributed by atoms with Gasteiger partial charge in [-0.3, -0.25) is 14.8 Å². The molecule has 1 atom stereocenters. The fourth-order valence-electron chi connectivity index (χ4n) is 1.88. The lowest BCUT2D eigenvalue weighted by molar-refractivity contribution is -0.146. The highest BCUT2D eigenvalue weighted by Gasteiger charge is 2.37. The van der Waals surface area contributed by atoms with Gasteiger partial charge in [0.25, 0.3) is 0 Å². The summed E-state index contributed by atoms with van der Waals surface area (Å²) < 4.78 is 10.5. The minimum Gasteiger partial charge on any atom is -0.353 e. The quantitative estimate of drug-likeness (QED) is 0.745. The summed E-state index contributed by atoms with van der Waals surface area (Å²) >= 11 is 1.52. The van der Waals surface area contributed by atoms with Gasteiger partial charge in [-0.15, -0.1) is 11.8 Å². The topological polar surface area (TPSA) is 64.6 Å². The fourth-order valence-corrected chi connectivity index (χ4v) is 3.11. The molecule has 1 aromatic heterocycles. The lowest BCUT2D eigenvalue weighted by atomic mass is 10.3. The molecule has 0 saturated carbocycles. The molecule has 2 heterocycles. The van der Waals surface area contributed by atoms with Crippen LogP contribution >= 0.6 is 11.8 Å². The number of carbonyl (C=O) groups is 1. The summed E-state index contributed by atoms with van der Waals surface area (Å²) in [5.41, 5.74) is 1.62. The number of thioether (sulfide) groups is 1. The number of hydrogen-bond donors (Lipinski definition) is 0. The number of nitrogens with zero attached hydrogens (tertiary/aromatic N) is 3. The van der Waals surface area contributed by atoms with Crippen LogP contribution in [0, 0.1) is 6.92 Å². The highest BCUT2D eigenvalue weighted by molar-refractivity contribution is 8.01. The van der Waals surface area contributed by atoms with E-state index in [4.69, 9.17) is 9.47 Å². The van der Waals surface area contributed by atoms with Crippen LogP contribution in [-0.2, 0) is 20.8 Å². The molecular formula is C12H17N3O3S. The summed E-state index contributed by atoms with van der Waals surface area (Å²) in [6.45, 7) is 2.30. The summed E-state index contributed by atoms with van der Waals surface area (Å²) in [7, 11) is 3.14. The van der Waals surface area contributed by atoms with Crippen molar-refractivity contribution in [2.45, 2.75) is 25.1 Å². The third-order valence-corrected chi connectivity index (χ3v) is 4.10. The summed E-state index contributed by atoms with van der Waals surface area (Å²) in [6.07, 6.45) is 2.95. The molecule has 1 aliphatic heterocycles. The zero-order valence-corrected chi connectivity index (χ0v) is 12.0. The molecule has 1 saturated heterocycles. The Balaban J connectivity index is 2.11. The van der Waals surface area contributed by atoms with Crippen molar-refractivity contribution in [1.82, 2.24) is 14.9 Å². The van der Waals surface area contributed by atoms with Crippen molar-refractivity contribution in [2.75, 3.05) is 20.0 Å². The minimum absolute atomic E-state index is 0.0662. The number of ether oxygens (including phenoxy) is 2. The zero-order chi connectivity index (χ0) is 13.8. The lowest BCUT2D eigenvalue weighted by Gasteiger charge is -2.28. The molecule has 0 aromatic carbocycles. The Morgan fingerprint density at radius 2 is 2.16 bits per heavy atom. The second-order valence-electron chi connectivity index (χ2n) is 4.21. The third-order valence-electron chi connectivity index (χ3n) is 2.87. The molecule has 7 heteroatoms. The van der Waals surface area contributed by atoms with Crippen molar-refractivity contribution in [3.8, 4) is 0 Å². The molecule has 1 unspecified atom stereocenters. The third kappa shape index (κ3) is 3.23. The molecule has 6 nitrogen and oxygen atoms in total. The summed E-state index contributed by atoms with van der Waals surface area (Å²) in [5.74, 6) is 0.504. The van der Waals surface area contributed by atoms with E-state index < -0.39 is 6.29 Å². The van der Waals surface area contributed by atoms with E-state index in [1.807, 2.05) is 6.92 Å². The molecule has 0 bridgehead atoms. The van der Waals surface area contributed by atoms with Gasteiger partial charge < -0.3 is 14.4 Å². The van der Waals surface area contributed by atoms with E-state index in [2.05, 4.69) is 9.97 Å². The lowest BCUT2D eigenvalue weighted by Crippen LogP contribution is -2.41. The van der Waals surface area contributed by atoms with Gasteiger partial charge >= 0.3 is 0 Å². The van der Waals surface area contributed by atoms with Crippen LogP contribution in [0.15, 0.2) is 12.4 Å². The second kappa shape index (κ2) is 6.31. The maximum absolute atomic E-state index is 11.9. The minimum atomic E-state index is -0.435. The normalized spacial score (nSPS) is 19.5. The number of hydrogen-bond acceptors (Lipinski definition) is 6. The van der Waals surface area contributed by atoms with Crippen molar-refractivity contribution >= 4 is 17.7 Å². The Bertz CT molecular complexity index is 436. The Labute approximate surface area is 116 Å². The Morgan fingerprint density at radius 1 is 1.42 bits per heavy atom. The standard InChI is InChI=1S/C12H17N3O3S/c1-8-4-14-9(5-13-8)6-15-10(16)7-19-11(15)12(17-2)18-3/h4-5,11-12H,6-7H2,1-3H3. The van der Waals surface area contributed by atoms with Gasteiger partial charge in [0.2, 0.25) is 5.91 Å². The van der Waals surface area contributed by atoms with E-state index in [1.54, 1.807) is 31.5 Å². The van der Waals surface area contributed by atoms with Gasteiger partial charge in [-0.2, -0.15) is 0 Å². The molecule has 1 amide bonds. The molecule has 0 aliphatic carbocycles. The molecule has 2 rings (SSSR count). The largest absolute Gasteiger partial charge is 0.353 e. The maximum atomic E-state index is 11.9. The van der Waals surface area contributed by atoms with Crippen LogP contribution in [0.3, 0.4) is 0 Å². The van der Waals surface area contributed by atoms with Crippen molar-refractivity contribution in [3.05, 3.63) is 23.8 Å². The van der Waals surface area contributed by atoms with E-state index in [0.717, 1.165) is 11.4 Å². The van der Waals surface area contributed by atoms with Gasteiger partial charge in [0.05, 0.1) is 29.9 Å². The predicted molar refractivity (Wildman–Crippen MR) is 71.4 cm³/mol. The average molecular weight is 283 g/mol. The number of amides is 1. The summed E-state index contributed by atoms with van der Waals surface area (Å²) in [4.78, 5) is 22.1. The van der Waals surface area contributed by atoms with Crippen molar-refractivity contribution in [3.63, 3.8) is 0 Å². The Morgan fingerprint density at radius 3 is 2.74 bits per heavy atom. The highest BCUT2D eigenvalue weighted by atomic mass is 32.2. The summed E-state index contributed by atoms with van der Waals surface area (Å²) in [6, 6.07) is 0. The highest BCUT2D eigenvalue weighted by Crippen LogP contribution is 2.30. The van der Waals surface area contributed by atoms with Gasteiger partial charge in [-0.25, -0.2) is 0 Å². The van der Waals surface area contributed by atoms with E-state index in [-0.39, 0.29) is 11.3 Å². The number of aryl methyl sites for hydroxylation is 1. The van der Waals surface area contributed by atoms with Crippen LogP contribution < -0.4 is 0 Å². The van der Waals surface area contributed by atoms with E-state index in [9.17, 15) is 4.79 Å². The van der Waals surface area contributed by atoms with Crippen LogP contribution in [0.4, 0.5) is 0 Å². The first-order valence-electron chi connectivity index (χ1n) is 5.90. The van der Waals surface area contributed by atoms with Gasteiger partial charge in [-0.1, -0.05) is 0 Å². The van der Waals surface area contributed by atoms with Crippen molar-refractivity contribution in [1.29, 1.82) is 0 Å². The van der Waals surface area contributed by atoms with Crippen LogP contribution in [-0.4, -0.2) is 52.4 Å². The predicted octanol–water partition coefficient (Wildman–Crippen LogP) is 0.805. The molecule has 0 N–H and O–H groups in total. The second-order valence-corrected chi connectivity index (χ2v) is 5.32. The molecule has 1 fully saturated rings. The van der Waals surface area contributed by atoms with Crippen LogP contribution in [0.2, 0.25) is 0 Å². The van der Waals surface area contributed by atoms with E-state index >= 15 is 0 Å². The van der Waals surface area contributed by atoms with Crippen molar-refractivity contribution < 1.29 is 14.3 Å². The SMILES string of the molecule is COC(OC)C1SCC(=O)N1Cc1cnc(C)cn1. The first-order chi connectivity index (χ1) is 9.15. The van der Waals surface area contributed by atoms with Crippen molar-refractivity contribution in [2.24, 2.45) is 0 Å². The van der Waals surface area contributed by atoms with Gasteiger partial charge in [0, 0.05) is 20.4 Å². The fraction of sp³-hybridized carbons (Fsp3) is 0.583. The van der Waals surface area contributed by atoms with E-state index in [0.29, 0.717) is 12.3 Å². The Kier molecular flexibility index (Phi) is 4.73. The molecule has 0 spiro atoms. The number of methoxy groups -OCH3 is 2. The van der Waals surface area contributed by atoms with Crippen LogP contribution in [0.25, 0.3) is 0 Å². The first kappa shape index (κ1) is 14.2. The Hall–Kier alpha value is -1.18.